The smallest absolute Gasteiger partial charge is 0.234 e. The van der Waals surface area contributed by atoms with Crippen molar-refractivity contribution in [3.05, 3.63) is 70.5 Å². The largest absolute Gasteiger partial charge is 0.348 e. The predicted molar refractivity (Wildman–Crippen MR) is 90.8 cm³/mol. The highest BCUT2D eigenvalue weighted by molar-refractivity contribution is 6.31. The van der Waals surface area contributed by atoms with Crippen LogP contribution in [0.25, 0.3) is 0 Å². The van der Waals surface area contributed by atoms with Crippen molar-refractivity contribution in [1.29, 1.82) is 0 Å². The van der Waals surface area contributed by atoms with E-state index in [1.165, 1.54) is 12.1 Å². The number of carbonyl (C=O) groups excluding carboxylic acids is 1. The van der Waals surface area contributed by atoms with E-state index in [0.717, 1.165) is 11.1 Å². The first kappa shape index (κ1) is 17.4. The predicted octanol–water partition coefficient (Wildman–Crippen LogP) is 4.01. The van der Waals surface area contributed by atoms with Gasteiger partial charge in [-0.1, -0.05) is 41.9 Å². The molecule has 0 bridgehead atoms. The fraction of sp³-hybridized carbons (Fsp3) is 0.278. The van der Waals surface area contributed by atoms with Crippen LogP contribution in [0.4, 0.5) is 4.39 Å². The zero-order valence-corrected chi connectivity index (χ0v) is 13.9. The SMILES string of the molecule is CC(NC(=O)CNC(C)c1ccccc1Cl)c1ccc(F)cc1. The third kappa shape index (κ3) is 5.05. The molecule has 0 heterocycles. The summed E-state index contributed by atoms with van der Waals surface area (Å²) in [5.74, 6) is -0.414. The lowest BCUT2D eigenvalue weighted by Crippen LogP contribution is -2.36. The van der Waals surface area contributed by atoms with Gasteiger partial charge in [-0.2, -0.15) is 0 Å². The van der Waals surface area contributed by atoms with Crippen molar-refractivity contribution in [1.82, 2.24) is 10.6 Å². The van der Waals surface area contributed by atoms with Crippen LogP contribution in [0.1, 0.15) is 37.1 Å². The Morgan fingerprint density at radius 3 is 2.39 bits per heavy atom. The lowest BCUT2D eigenvalue weighted by atomic mass is 10.1. The van der Waals surface area contributed by atoms with Gasteiger partial charge in [0.05, 0.1) is 12.6 Å². The van der Waals surface area contributed by atoms with Gasteiger partial charge in [0, 0.05) is 11.1 Å². The number of nitrogens with one attached hydrogen (secondary N) is 2. The van der Waals surface area contributed by atoms with Crippen molar-refractivity contribution in [2.45, 2.75) is 25.9 Å². The van der Waals surface area contributed by atoms with E-state index in [4.69, 9.17) is 11.6 Å². The normalized spacial score (nSPS) is 13.4. The van der Waals surface area contributed by atoms with E-state index in [1.807, 2.05) is 38.1 Å². The van der Waals surface area contributed by atoms with Crippen LogP contribution in [0.15, 0.2) is 48.5 Å². The molecular formula is C18H20ClFN2O. The minimum atomic E-state index is -0.289. The fourth-order valence-electron chi connectivity index (χ4n) is 2.31. The van der Waals surface area contributed by atoms with Crippen LogP contribution in [0, 0.1) is 5.82 Å². The van der Waals surface area contributed by atoms with Gasteiger partial charge in [0.2, 0.25) is 5.91 Å². The Labute approximate surface area is 140 Å². The first-order valence-corrected chi connectivity index (χ1v) is 7.88. The van der Waals surface area contributed by atoms with Gasteiger partial charge in [-0.3, -0.25) is 4.79 Å². The molecule has 0 saturated carbocycles. The Hall–Kier alpha value is -1.91. The molecule has 23 heavy (non-hydrogen) atoms. The summed E-state index contributed by atoms with van der Waals surface area (Å²) in [6.07, 6.45) is 0. The number of hydrogen-bond acceptors (Lipinski definition) is 2. The van der Waals surface area contributed by atoms with E-state index in [0.29, 0.717) is 5.02 Å². The summed E-state index contributed by atoms with van der Waals surface area (Å²) in [5, 5.41) is 6.70. The topological polar surface area (TPSA) is 41.1 Å². The highest BCUT2D eigenvalue weighted by Gasteiger charge is 2.13. The lowest BCUT2D eigenvalue weighted by Gasteiger charge is -2.18. The summed E-state index contributed by atoms with van der Waals surface area (Å²) in [6, 6.07) is 13.4. The van der Waals surface area contributed by atoms with Gasteiger partial charge in [-0.15, -0.1) is 0 Å². The lowest BCUT2D eigenvalue weighted by molar-refractivity contribution is -0.121. The molecule has 0 aliphatic rings. The zero-order valence-electron chi connectivity index (χ0n) is 13.1. The average Bonchev–Trinajstić information content (AvgIpc) is 2.53. The molecule has 2 aromatic rings. The molecule has 0 spiro atoms. The molecule has 0 saturated heterocycles. The summed E-state index contributed by atoms with van der Waals surface area (Å²) in [7, 11) is 0. The van der Waals surface area contributed by atoms with Crippen molar-refractivity contribution < 1.29 is 9.18 Å². The third-order valence-corrected chi connectivity index (χ3v) is 4.03. The summed E-state index contributed by atoms with van der Waals surface area (Å²) < 4.78 is 12.9. The molecule has 2 atom stereocenters. The summed E-state index contributed by atoms with van der Waals surface area (Å²) >= 11 is 6.14. The van der Waals surface area contributed by atoms with Gasteiger partial charge in [-0.25, -0.2) is 4.39 Å². The van der Waals surface area contributed by atoms with Crippen LogP contribution in [0.3, 0.4) is 0 Å². The summed E-state index contributed by atoms with van der Waals surface area (Å²) in [4.78, 5) is 12.0. The minimum Gasteiger partial charge on any atom is -0.348 e. The van der Waals surface area contributed by atoms with Gasteiger partial charge < -0.3 is 10.6 Å². The monoisotopic (exact) mass is 334 g/mol. The van der Waals surface area contributed by atoms with Crippen molar-refractivity contribution in [2.75, 3.05) is 6.54 Å². The van der Waals surface area contributed by atoms with Gasteiger partial charge in [-0.05, 0) is 43.2 Å². The maximum atomic E-state index is 12.9. The second-order valence-electron chi connectivity index (χ2n) is 5.46. The number of rotatable bonds is 6. The standard InChI is InChI=1S/C18H20ClFN2O/c1-12(14-7-9-15(20)10-8-14)22-18(23)11-21-13(2)16-5-3-4-6-17(16)19/h3-10,12-13,21H,11H2,1-2H3,(H,22,23). The molecular weight excluding hydrogens is 315 g/mol. The highest BCUT2D eigenvalue weighted by atomic mass is 35.5. The zero-order chi connectivity index (χ0) is 16.8. The Bertz CT molecular complexity index is 660. The molecule has 0 aliphatic carbocycles. The van der Waals surface area contributed by atoms with Gasteiger partial charge in [0.15, 0.2) is 0 Å². The van der Waals surface area contributed by atoms with Crippen LogP contribution in [0.5, 0.6) is 0 Å². The number of carbonyl (C=O) groups is 1. The van der Waals surface area contributed by atoms with E-state index in [1.54, 1.807) is 12.1 Å². The molecule has 2 rings (SSSR count). The molecule has 122 valence electrons. The summed E-state index contributed by atoms with van der Waals surface area (Å²) in [5.41, 5.74) is 1.81. The number of hydrogen-bond donors (Lipinski definition) is 2. The molecule has 0 aliphatic heterocycles. The molecule has 1 amide bonds. The molecule has 2 aromatic carbocycles. The Morgan fingerprint density at radius 1 is 1.09 bits per heavy atom. The van der Waals surface area contributed by atoms with Crippen LogP contribution >= 0.6 is 11.6 Å². The molecule has 3 nitrogen and oxygen atoms in total. The van der Waals surface area contributed by atoms with Crippen molar-refractivity contribution >= 4 is 17.5 Å². The molecule has 0 radical (unpaired) electrons. The van der Waals surface area contributed by atoms with Gasteiger partial charge in [0.25, 0.3) is 0 Å². The van der Waals surface area contributed by atoms with E-state index < -0.39 is 0 Å². The van der Waals surface area contributed by atoms with Crippen molar-refractivity contribution in [3.63, 3.8) is 0 Å². The first-order valence-electron chi connectivity index (χ1n) is 7.50. The molecule has 2 N–H and O–H groups in total. The van der Waals surface area contributed by atoms with Gasteiger partial charge in [0.1, 0.15) is 5.82 Å². The Kier molecular flexibility index (Phi) is 6.13. The van der Waals surface area contributed by atoms with Crippen LogP contribution in [0.2, 0.25) is 5.02 Å². The second-order valence-corrected chi connectivity index (χ2v) is 5.87. The third-order valence-electron chi connectivity index (χ3n) is 3.69. The first-order chi connectivity index (χ1) is 11.0. The Morgan fingerprint density at radius 2 is 1.74 bits per heavy atom. The quantitative estimate of drug-likeness (QED) is 0.838. The molecule has 2 unspecified atom stereocenters. The van der Waals surface area contributed by atoms with E-state index in [-0.39, 0.29) is 30.4 Å². The maximum absolute atomic E-state index is 12.9. The number of benzene rings is 2. The average molecular weight is 335 g/mol. The second kappa shape index (κ2) is 8.09. The highest BCUT2D eigenvalue weighted by Crippen LogP contribution is 2.21. The van der Waals surface area contributed by atoms with E-state index in [9.17, 15) is 9.18 Å². The summed E-state index contributed by atoms with van der Waals surface area (Å²) in [6.45, 7) is 4.00. The minimum absolute atomic E-state index is 0.0319. The molecule has 0 fully saturated rings. The van der Waals surface area contributed by atoms with Crippen LogP contribution in [-0.4, -0.2) is 12.5 Å². The van der Waals surface area contributed by atoms with Gasteiger partial charge >= 0.3 is 0 Å². The van der Waals surface area contributed by atoms with E-state index >= 15 is 0 Å². The molecule has 5 heteroatoms. The number of halogens is 2. The van der Waals surface area contributed by atoms with Crippen LogP contribution in [-0.2, 0) is 4.79 Å². The molecule has 0 aromatic heterocycles. The van der Waals surface area contributed by atoms with Crippen LogP contribution < -0.4 is 10.6 Å². The van der Waals surface area contributed by atoms with Crippen molar-refractivity contribution in [2.24, 2.45) is 0 Å². The maximum Gasteiger partial charge on any atom is 0.234 e. The Balaban J connectivity index is 1.85. The van der Waals surface area contributed by atoms with Crippen molar-refractivity contribution in [3.8, 4) is 0 Å². The number of amides is 1. The fourth-order valence-corrected chi connectivity index (χ4v) is 2.61. The van der Waals surface area contributed by atoms with E-state index in [2.05, 4.69) is 10.6 Å².